The van der Waals surface area contributed by atoms with Crippen molar-refractivity contribution in [2.45, 2.75) is 28.5 Å². The molecule has 0 radical (unpaired) electrons. The summed E-state index contributed by atoms with van der Waals surface area (Å²) < 4.78 is 0.577. The minimum Gasteiger partial charge on any atom is -0.508 e. The largest absolute Gasteiger partial charge is 0.508 e. The van der Waals surface area contributed by atoms with Crippen LogP contribution >= 0.6 is 55.1 Å². The Morgan fingerprint density at radius 3 is 2.34 bits per heavy atom. The number of allylic oxidation sites excluding steroid dienone is 2. The average Bonchev–Trinajstić information content (AvgIpc) is 3.28. The van der Waals surface area contributed by atoms with Gasteiger partial charge in [0.05, 0.1) is 27.9 Å². The number of imide groups is 2. The van der Waals surface area contributed by atoms with Crippen LogP contribution in [0.1, 0.15) is 24.3 Å². The predicted molar refractivity (Wildman–Crippen MR) is 155 cm³/mol. The van der Waals surface area contributed by atoms with Crippen molar-refractivity contribution in [3.05, 3.63) is 74.3 Å². The molecule has 3 fully saturated rings. The molecule has 1 N–H and O–H groups in total. The molecule has 14 heteroatoms. The van der Waals surface area contributed by atoms with Gasteiger partial charge in [0.25, 0.3) is 17.5 Å². The molecule has 41 heavy (non-hydrogen) atoms. The highest BCUT2D eigenvalue weighted by Gasteiger charge is 2.76. The third-order valence-electron chi connectivity index (χ3n) is 8.63. The Balaban J connectivity index is 1.50. The quantitative estimate of drug-likeness (QED) is 0.117. The molecule has 6 atom stereocenters. The average molecular weight is 728 g/mol. The predicted octanol–water partition coefficient (Wildman–Crippen LogP) is 4.98. The van der Waals surface area contributed by atoms with E-state index < -0.39 is 62.0 Å². The summed E-state index contributed by atoms with van der Waals surface area (Å²) in [6.45, 7) is 0. The Morgan fingerprint density at radius 2 is 1.71 bits per heavy atom. The molecule has 10 nitrogen and oxygen atoms in total. The number of phenols is 1. The number of aromatic hydroxyl groups is 1. The molecule has 212 valence electrons. The topological polar surface area (TPSA) is 138 Å². The van der Waals surface area contributed by atoms with Crippen LogP contribution in [0.5, 0.6) is 5.75 Å². The fourth-order valence-electron chi connectivity index (χ4n) is 6.83. The molecular weight excluding hydrogens is 709 g/mol. The lowest BCUT2D eigenvalue weighted by molar-refractivity contribution is -0.384. The number of likely N-dealkylation sites (tertiary alicyclic amines) is 1. The molecule has 2 heterocycles. The number of non-ortho nitro benzene ring substituents is 1. The van der Waals surface area contributed by atoms with Crippen LogP contribution in [0.4, 0.5) is 11.4 Å². The third-order valence-corrected chi connectivity index (χ3v) is 11.0. The van der Waals surface area contributed by atoms with E-state index in [1.54, 1.807) is 18.2 Å². The number of carbonyl (C=O) groups excluding carboxylic acids is 4. The van der Waals surface area contributed by atoms with E-state index in [0.717, 1.165) is 9.80 Å². The van der Waals surface area contributed by atoms with Crippen molar-refractivity contribution in [2.75, 3.05) is 10.4 Å². The number of anilines is 1. The molecule has 0 aromatic heterocycles. The maximum Gasteiger partial charge on any atom is 0.269 e. The maximum atomic E-state index is 14.0. The monoisotopic (exact) mass is 725 g/mol. The first-order valence-corrected chi connectivity index (χ1v) is 15.1. The second-order valence-electron chi connectivity index (χ2n) is 10.5. The molecule has 2 aliphatic heterocycles. The molecule has 4 aliphatic rings. The summed E-state index contributed by atoms with van der Waals surface area (Å²) in [6, 6.07) is 9.72. The van der Waals surface area contributed by atoms with Gasteiger partial charge in [0, 0.05) is 28.1 Å². The Kier molecular flexibility index (Phi) is 6.64. The fraction of sp³-hybridized carbons (Fsp3) is 0.333. The van der Waals surface area contributed by atoms with E-state index in [-0.39, 0.29) is 41.0 Å². The molecule has 2 aliphatic carbocycles. The van der Waals surface area contributed by atoms with Crippen LogP contribution < -0.4 is 4.90 Å². The first-order chi connectivity index (χ1) is 19.4. The number of halogens is 4. The van der Waals surface area contributed by atoms with Crippen LogP contribution in [0.15, 0.2) is 58.6 Å². The second kappa shape index (κ2) is 9.62. The van der Waals surface area contributed by atoms with Gasteiger partial charge in [-0.05, 0) is 49.1 Å². The van der Waals surface area contributed by atoms with Gasteiger partial charge in [-0.2, -0.15) is 0 Å². The second-order valence-corrected chi connectivity index (χ2v) is 13.1. The van der Waals surface area contributed by atoms with Gasteiger partial charge in [0.2, 0.25) is 11.8 Å². The van der Waals surface area contributed by atoms with Crippen molar-refractivity contribution in [3.8, 4) is 5.75 Å². The summed E-state index contributed by atoms with van der Waals surface area (Å²) >= 11 is 20.9. The van der Waals surface area contributed by atoms with Crippen molar-refractivity contribution < 1.29 is 29.2 Å². The number of benzene rings is 2. The van der Waals surface area contributed by atoms with Crippen LogP contribution in [-0.2, 0) is 19.2 Å². The van der Waals surface area contributed by atoms with Gasteiger partial charge in [-0.1, -0.05) is 43.5 Å². The van der Waals surface area contributed by atoms with Crippen molar-refractivity contribution in [2.24, 2.45) is 17.8 Å². The molecule has 0 spiro atoms. The van der Waals surface area contributed by atoms with E-state index in [1.807, 2.05) is 0 Å². The maximum absolute atomic E-state index is 14.0. The van der Waals surface area contributed by atoms with Crippen molar-refractivity contribution in [3.63, 3.8) is 0 Å². The first kappa shape index (κ1) is 28.3. The standard InChI is InChI=1S/C27H19Br2Cl2N3O7/c28-11-32-24(38)26(30)10-18-15(21(27(26,31)25(32)39)17-9-12(29)1-8-19(17)35)6-7-16-20(18)23(37)33(22(16)36)13-2-4-14(5-3-13)34(40)41/h1-6,8-9,16,18,20-21,35H,7,10-11H2/t16-,18+,20-,21+,26+,27-/m0/s1. The lowest BCUT2D eigenvalue weighted by atomic mass is 9.56. The molecule has 4 amide bonds. The Hall–Kier alpha value is -2.80. The minimum atomic E-state index is -2.03. The number of phenolic OH excluding ortho intramolecular Hbond substituents is 1. The third kappa shape index (κ3) is 3.73. The zero-order valence-corrected chi connectivity index (χ0v) is 25.5. The number of fused-ring (bicyclic) bond motifs is 4. The molecule has 0 unspecified atom stereocenters. The number of nitro benzene ring substituents is 1. The first-order valence-electron chi connectivity index (χ1n) is 12.5. The van der Waals surface area contributed by atoms with E-state index in [4.69, 9.17) is 23.2 Å². The van der Waals surface area contributed by atoms with Crippen LogP contribution in [0.25, 0.3) is 0 Å². The van der Waals surface area contributed by atoms with Gasteiger partial charge < -0.3 is 5.11 Å². The fourth-order valence-corrected chi connectivity index (χ4v) is 8.63. The molecule has 2 saturated heterocycles. The van der Waals surface area contributed by atoms with Crippen molar-refractivity contribution in [1.29, 1.82) is 0 Å². The van der Waals surface area contributed by atoms with Crippen molar-refractivity contribution in [1.82, 2.24) is 4.90 Å². The van der Waals surface area contributed by atoms with Gasteiger partial charge in [-0.15, -0.1) is 23.2 Å². The Labute approximate surface area is 259 Å². The number of rotatable bonds is 4. The van der Waals surface area contributed by atoms with Crippen LogP contribution in [-0.4, -0.2) is 53.8 Å². The Morgan fingerprint density at radius 1 is 1.02 bits per heavy atom. The van der Waals surface area contributed by atoms with Crippen LogP contribution in [0.2, 0.25) is 0 Å². The van der Waals surface area contributed by atoms with Gasteiger partial charge in [-0.3, -0.25) is 39.1 Å². The van der Waals surface area contributed by atoms with E-state index >= 15 is 0 Å². The van der Waals surface area contributed by atoms with E-state index in [9.17, 15) is 34.4 Å². The zero-order valence-electron chi connectivity index (χ0n) is 20.8. The number of amides is 4. The number of hydrogen-bond donors (Lipinski definition) is 1. The summed E-state index contributed by atoms with van der Waals surface area (Å²) in [7, 11) is 0. The number of hydrogen-bond acceptors (Lipinski definition) is 7. The summed E-state index contributed by atoms with van der Waals surface area (Å²) in [5.41, 5.74) is 0.613. The zero-order chi connectivity index (χ0) is 29.6. The molecule has 0 bridgehead atoms. The van der Waals surface area contributed by atoms with E-state index in [2.05, 4.69) is 31.9 Å². The number of alkyl halides is 3. The van der Waals surface area contributed by atoms with E-state index in [1.165, 1.54) is 30.3 Å². The number of nitro groups is 1. The summed E-state index contributed by atoms with van der Waals surface area (Å²) in [4.78, 5) is 63.4. The normalized spacial score (nSPS) is 32.5. The lowest BCUT2D eigenvalue weighted by Gasteiger charge is -2.50. The highest BCUT2D eigenvalue weighted by Crippen LogP contribution is 2.66. The SMILES string of the molecule is O=C1[C@H]2[C@H](CC=C3[C@H]2C[C@@]2(Cl)C(=O)N(CBr)C(=O)[C@@]2(Cl)[C@H]3c2cc(Br)ccc2O)C(=O)N1c1ccc([N+](=O)[O-])cc1. The van der Waals surface area contributed by atoms with Gasteiger partial charge in [0.1, 0.15) is 5.75 Å². The number of nitrogens with zero attached hydrogens (tertiary/aromatic N) is 3. The smallest absolute Gasteiger partial charge is 0.269 e. The highest BCUT2D eigenvalue weighted by atomic mass is 79.9. The number of carbonyl (C=O) groups is 4. The molecule has 2 aromatic rings. The minimum absolute atomic E-state index is 0.141. The lowest BCUT2D eigenvalue weighted by Crippen LogP contribution is -2.60. The highest BCUT2D eigenvalue weighted by molar-refractivity contribution is 9.10. The summed E-state index contributed by atoms with van der Waals surface area (Å²) in [6.07, 6.45) is 1.70. The summed E-state index contributed by atoms with van der Waals surface area (Å²) in [5.74, 6) is -6.27. The molecule has 6 rings (SSSR count). The van der Waals surface area contributed by atoms with Gasteiger partial charge in [-0.25, -0.2) is 0 Å². The van der Waals surface area contributed by atoms with Crippen LogP contribution in [0, 0.1) is 27.9 Å². The molecular formula is C27H19Br2Cl2N3O7. The van der Waals surface area contributed by atoms with Gasteiger partial charge in [0.15, 0.2) is 9.75 Å². The Bertz CT molecular complexity index is 1600. The van der Waals surface area contributed by atoms with Gasteiger partial charge >= 0.3 is 0 Å². The van der Waals surface area contributed by atoms with Crippen molar-refractivity contribution >= 4 is 90.1 Å². The molecule has 2 aromatic carbocycles. The summed E-state index contributed by atoms with van der Waals surface area (Å²) in [5, 5.41) is 22.1. The molecule has 1 saturated carbocycles. The van der Waals surface area contributed by atoms with Crippen LogP contribution in [0.3, 0.4) is 0 Å². The van der Waals surface area contributed by atoms with E-state index in [0.29, 0.717) is 10.0 Å².